The first-order valence-corrected chi connectivity index (χ1v) is 25.6. The minimum atomic E-state index is -0.0320. The van der Waals surface area contributed by atoms with Gasteiger partial charge in [-0.15, -0.1) is 76.2 Å². The van der Waals surface area contributed by atoms with Gasteiger partial charge in [0.25, 0.3) is 0 Å². The molecule has 391 valence electrons. The van der Waals surface area contributed by atoms with Crippen LogP contribution >= 0.6 is 0 Å². The molecule has 0 amide bonds. The Morgan fingerprint density at radius 3 is 1.99 bits per heavy atom. The van der Waals surface area contributed by atoms with E-state index in [1.807, 2.05) is 67.0 Å². The summed E-state index contributed by atoms with van der Waals surface area (Å²) in [5, 5.41) is 8.45. The molecule has 2 aliphatic rings. The van der Waals surface area contributed by atoms with Gasteiger partial charge in [0.1, 0.15) is 0 Å². The van der Waals surface area contributed by atoms with Crippen molar-refractivity contribution in [1.29, 1.82) is 0 Å². The number of pyridine rings is 2. The predicted molar refractivity (Wildman–Crippen MR) is 309 cm³/mol. The van der Waals surface area contributed by atoms with Crippen LogP contribution in [0.15, 0.2) is 195 Å². The molecular formula is C69H59Ir3N5-4. The molecule has 0 N–H and O–H groups in total. The first-order valence-electron chi connectivity index (χ1n) is 25.6. The molecule has 1 unspecified atom stereocenters. The van der Waals surface area contributed by atoms with Crippen LogP contribution in [0.25, 0.3) is 83.1 Å². The summed E-state index contributed by atoms with van der Waals surface area (Å²) in [5.74, 6) is 0. The van der Waals surface area contributed by atoms with Gasteiger partial charge in [0.2, 0.25) is 0 Å². The van der Waals surface area contributed by atoms with Crippen molar-refractivity contribution in [3.63, 3.8) is 0 Å². The summed E-state index contributed by atoms with van der Waals surface area (Å²) >= 11 is 0. The third-order valence-electron chi connectivity index (χ3n) is 14.2. The minimum absolute atomic E-state index is 0. The summed E-state index contributed by atoms with van der Waals surface area (Å²) in [7, 11) is 0. The molecule has 0 fully saturated rings. The van der Waals surface area contributed by atoms with Gasteiger partial charge in [-0.1, -0.05) is 135 Å². The van der Waals surface area contributed by atoms with Gasteiger partial charge in [-0.25, -0.2) is 0 Å². The van der Waals surface area contributed by atoms with E-state index in [9.17, 15) is 0 Å². The number of fused-ring (bicyclic) bond motifs is 12. The van der Waals surface area contributed by atoms with Crippen LogP contribution in [0.3, 0.4) is 0 Å². The van der Waals surface area contributed by atoms with Crippen LogP contribution < -0.4 is 4.90 Å². The number of aromatic nitrogens is 3. The van der Waals surface area contributed by atoms with Crippen molar-refractivity contribution in [3.8, 4) is 44.8 Å². The zero-order valence-electron chi connectivity index (χ0n) is 44.5. The van der Waals surface area contributed by atoms with Gasteiger partial charge >= 0.3 is 0 Å². The van der Waals surface area contributed by atoms with Gasteiger partial charge in [0.15, 0.2) is 0 Å². The Morgan fingerprint density at radius 2 is 1.27 bits per heavy atom. The van der Waals surface area contributed by atoms with Gasteiger partial charge < -0.3 is 19.6 Å². The van der Waals surface area contributed by atoms with E-state index >= 15 is 0 Å². The molecule has 77 heavy (non-hydrogen) atoms. The number of imidazole rings is 1. The molecule has 0 saturated carbocycles. The summed E-state index contributed by atoms with van der Waals surface area (Å²) in [6.45, 7) is 17.7. The van der Waals surface area contributed by atoms with Crippen LogP contribution in [0.4, 0.5) is 5.69 Å². The summed E-state index contributed by atoms with van der Waals surface area (Å²) in [5.41, 5.74) is 24.3. The van der Waals surface area contributed by atoms with E-state index in [1.54, 1.807) is 6.20 Å². The Balaban J connectivity index is 0.000000154. The topological polar surface area (TPSA) is 47.5 Å². The van der Waals surface area contributed by atoms with E-state index in [0.717, 1.165) is 40.0 Å². The van der Waals surface area contributed by atoms with Crippen LogP contribution in [0.1, 0.15) is 71.4 Å². The zero-order valence-corrected chi connectivity index (χ0v) is 51.7. The third-order valence-corrected chi connectivity index (χ3v) is 14.2. The van der Waals surface area contributed by atoms with Crippen LogP contribution in [0.2, 0.25) is 0 Å². The molecule has 3 radical (unpaired) electrons. The normalized spacial score (nSPS) is 13.0. The van der Waals surface area contributed by atoms with Crippen LogP contribution in [-0.2, 0) is 66.7 Å². The number of anilines is 1. The van der Waals surface area contributed by atoms with Gasteiger partial charge in [-0.2, -0.15) is 30.5 Å². The van der Waals surface area contributed by atoms with Crippen molar-refractivity contribution < 1.29 is 60.3 Å². The van der Waals surface area contributed by atoms with E-state index in [-0.39, 0.29) is 71.9 Å². The van der Waals surface area contributed by atoms with E-state index in [2.05, 4.69) is 209 Å². The SMILES string of the molecule is Cc1ccc2c(c1)-c1ccc[c-]c1C1[N-]C=C(c3c(C)cccc3C)N21.Cc1cccc(C)c1-c1cnc2c3[c-]cccc3c3cc(CC(C)(C)C)ccc3n12.[Ir].[Ir].[Ir].[c-]1ccc(-c2ccccc2)cc1-c1ccccn1. The fourth-order valence-corrected chi connectivity index (χ4v) is 10.9. The Hall–Kier alpha value is -6.59. The molecule has 8 heteroatoms. The Morgan fingerprint density at radius 1 is 0.571 bits per heavy atom. The van der Waals surface area contributed by atoms with Crippen molar-refractivity contribution in [2.75, 3.05) is 4.90 Å². The van der Waals surface area contributed by atoms with Crippen molar-refractivity contribution >= 4 is 38.7 Å². The van der Waals surface area contributed by atoms with Crippen molar-refractivity contribution in [1.82, 2.24) is 14.4 Å². The van der Waals surface area contributed by atoms with Crippen molar-refractivity contribution in [2.24, 2.45) is 5.41 Å². The first-order chi connectivity index (χ1) is 35.9. The van der Waals surface area contributed by atoms with Crippen molar-refractivity contribution in [3.05, 3.63) is 263 Å². The quantitative estimate of drug-likeness (QED) is 0.127. The van der Waals surface area contributed by atoms with Crippen molar-refractivity contribution in [2.45, 2.75) is 68.0 Å². The largest absolute Gasteiger partial charge is 0.667 e. The van der Waals surface area contributed by atoms with Gasteiger partial charge in [-0.05, 0) is 121 Å². The van der Waals surface area contributed by atoms with Gasteiger partial charge in [-0.3, -0.25) is 4.98 Å². The number of benzene rings is 8. The number of hydrogen-bond donors (Lipinski definition) is 0. The molecule has 1 atom stereocenters. The molecule has 0 saturated heterocycles. The molecule has 0 bridgehead atoms. The molecule has 5 heterocycles. The van der Waals surface area contributed by atoms with Crippen LogP contribution in [-0.4, -0.2) is 14.4 Å². The number of nitrogens with zero attached hydrogens (tertiary/aromatic N) is 5. The number of hydrogen-bond acceptors (Lipinski definition) is 3. The average molecular weight is 1530 g/mol. The number of aryl methyl sites for hydroxylation is 5. The number of rotatable bonds is 5. The smallest absolute Gasteiger partial charge is 0.0639 e. The summed E-state index contributed by atoms with van der Waals surface area (Å²) in [4.78, 5) is 11.6. The molecule has 8 aromatic carbocycles. The maximum absolute atomic E-state index is 4.89. The summed E-state index contributed by atoms with van der Waals surface area (Å²) in [6.07, 6.45) is 6.88. The average Bonchev–Trinajstić information content (AvgIpc) is 4.09. The standard InChI is InChI=1S/C28H27N2.C24H20N2.C17H12N.3Ir/c1-18-9-8-10-19(2)26(18)25-17-29-27-22-12-7-6-11-21(22)23-15-20(16-28(3,4)5)13-14-24(23)30(25)27;1-15-11-12-21-20(13-15)18-9-4-5-10-19(18)24-25-14-22(26(21)24)23-16(2)7-6-8-17(23)3;1-2-7-14(8-3-1)15-9-6-10-16(13-15)17-11-4-5-12-18-17;;;/h6-11,13-15,17H,16H2,1-5H3;4-9,11-14,24H,1-3H3;1-9,11-13H;;;/q-1;-2;-1;;;. The molecule has 5 nitrogen and oxygen atoms in total. The zero-order chi connectivity index (χ0) is 51.1. The molecular weight excluding hydrogens is 1480 g/mol. The van der Waals surface area contributed by atoms with Crippen LogP contribution in [0.5, 0.6) is 0 Å². The minimum Gasteiger partial charge on any atom is -0.667 e. The van der Waals surface area contributed by atoms with Crippen LogP contribution in [0, 0.1) is 58.2 Å². The summed E-state index contributed by atoms with van der Waals surface area (Å²) < 4.78 is 2.32. The molecule has 13 rings (SSSR count). The second-order valence-corrected chi connectivity index (χ2v) is 20.9. The second-order valence-electron chi connectivity index (χ2n) is 20.9. The molecule has 11 aromatic rings. The Kier molecular flexibility index (Phi) is 17.6. The van der Waals surface area contributed by atoms with Gasteiger partial charge in [0.05, 0.1) is 11.3 Å². The predicted octanol–water partition coefficient (Wildman–Crippen LogP) is 17.8. The molecule has 0 aliphatic carbocycles. The van der Waals surface area contributed by atoms with E-state index in [1.165, 1.54) is 94.4 Å². The Bertz CT molecular complexity index is 3820. The first kappa shape index (κ1) is 56.6. The fourth-order valence-electron chi connectivity index (χ4n) is 10.9. The van der Waals surface area contributed by atoms with E-state index in [0.29, 0.717) is 0 Å². The second kappa shape index (κ2) is 24.0. The molecule has 2 aliphatic heterocycles. The molecule has 0 spiro atoms. The fraction of sp³-hybridized carbons (Fsp3) is 0.159. The molecule has 3 aromatic heterocycles. The van der Waals surface area contributed by atoms with E-state index in [4.69, 9.17) is 10.3 Å². The van der Waals surface area contributed by atoms with E-state index < -0.39 is 0 Å². The Labute approximate surface area is 495 Å². The maximum atomic E-state index is 4.89. The third kappa shape index (κ3) is 11.4. The van der Waals surface area contributed by atoms with Gasteiger partial charge in [0, 0.05) is 101 Å². The monoisotopic (exact) mass is 1540 g/mol. The summed E-state index contributed by atoms with van der Waals surface area (Å²) in [6, 6.07) is 71.6. The maximum Gasteiger partial charge on any atom is 0.0639 e.